The largest absolute Gasteiger partial charge is 0.491 e. The van der Waals surface area contributed by atoms with Gasteiger partial charge in [0, 0.05) is 5.69 Å². The summed E-state index contributed by atoms with van der Waals surface area (Å²) < 4.78 is 5.70. The van der Waals surface area contributed by atoms with Gasteiger partial charge >= 0.3 is 0 Å². The lowest BCUT2D eigenvalue weighted by Crippen LogP contribution is -2.09. The topological polar surface area (TPSA) is 55.5 Å². The summed E-state index contributed by atoms with van der Waals surface area (Å²) in [7, 11) is 0. The van der Waals surface area contributed by atoms with E-state index in [1.807, 2.05) is 18.2 Å². The van der Waals surface area contributed by atoms with Gasteiger partial charge in [0.1, 0.15) is 18.5 Å². The van der Waals surface area contributed by atoms with E-state index < -0.39 is 6.10 Å². The van der Waals surface area contributed by atoms with Gasteiger partial charge in [-0.05, 0) is 60.2 Å². The van der Waals surface area contributed by atoms with Gasteiger partial charge in [-0.15, -0.1) is 0 Å². The molecule has 0 radical (unpaired) electrons. The van der Waals surface area contributed by atoms with Gasteiger partial charge < -0.3 is 15.6 Å². The molecule has 0 bridgehead atoms. The number of aliphatic hydroxyl groups is 1. The number of rotatable bonds is 4. The third kappa shape index (κ3) is 2.78. The first-order valence-corrected chi connectivity index (χ1v) is 7.00. The summed E-state index contributed by atoms with van der Waals surface area (Å²) >= 11 is 0. The number of nitrogens with two attached hydrogens (primary N) is 1. The number of aliphatic hydroxyl groups excluding tert-OH is 1. The van der Waals surface area contributed by atoms with Gasteiger partial charge in [0.15, 0.2) is 0 Å². The summed E-state index contributed by atoms with van der Waals surface area (Å²) in [6, 6.07) is 13.4. The third-order valence-corrected chi connectivity index (χ3v) is 3.80. The van der Waals surface area contributed by atoms with E-state index in [4.69, 9.17) is 10.5 Å². The van der Waals surface area contributed by atoms with Crippen molar-refractivity contribution < 1.29 is 9.84 Å². The SMILES string of the molecule is Nc1ccc(C(O)COc2ccc3c(c2)CCC3)cc1. The van der Waals surface area contributed by atoms with E-state index in [-0.39, 0.29) is 6.61 Å². The molecule has 20 heavy (non-hydrogen) atoms. The van der Waals surface area contributed by atoms with Crippen LogP contribution in [-0.2, 0) is 12.8 Å². The first kappa shape index (κ1) is 13.0. The molecule has 0 spiro atoms. The minimum atomic E-state index is -0.635. The lowest BCUT2D eigenvalue weighted by molar-refractivity contribution is 0.108. The van der Waals surface area contributed by atoms with E-state index in [2.05, 4.69) is 12.1 Å². The molecule has 1 unspecified atom stereocenters. The van der Waals surface area contributed by atoms with E-state index in [0.29, 0.717) is 5.69 Å². The van der Waals surface area contributed by atoms with Crippen molar-refractivity contribution in [3.63, 3.8) is 0 Å². The summed E-state index contributed by atoms with van der Waals surface area (Å²) in [6.45, 7) is 0.253. The zero-order chi connectivity index (χ0) is 13.9. The van der Waals surface area contributed by atoms with Gasteiger partial charge in [0.05, 0.1) is 0 Å². The van der Waals surface area contributed by atoms with Crippen molar-refractivity contribution in [1.29, 1.82) is 0 Å². The van der Waals surface area contributed by atoms with Crippen molar-refractivity contribution in [1.82, 2.24) is 0 Å². The number of nitrogen functional groups attached to an aromatic ring is 1. The van der Waals surface area contributed by atoms with Gasteiger partial charge in [0.25, 0.3) is 0 Å². The highest BCUT2D eigenvalue weighted by Gasteiger charge is 2.12. The van der Waals surface area contributed by atoms with Crippen LogP contribution < -0.4 is 10.5 Å². The standard InChI is InChI=1S/C17H19NO2/c18-15-7-4-13(5-8-15)17(19)11-20-16-9-6-12-2-1-3-14(12)10-16/h4-10,17,19H,1-3,11,18H2. The number of ether oxygens (including phenoxy) is 1. The molecule has 0 heterocycles. The molecule has 104 valence electrons. The Balaban J connectivity index is 1.63. The Morgan fingerprint density at radius 1 is 1.05 bits per heavy atom. The monoisotopic (exact) mass is 269 g/mol. The molecule has 0 fully saturated rings. The summed E-state index contributed by atoms with van der Waals surface area (Å²) in [5.41, 5.74) is 9.95. The number of aryl methyl sites for hydroxylation is 2. The van der Waals surface area contributed by atoms with Crippen molar-refractivity contribution in [2.45, 2.75) is 25.4 Å². The molecule has 0 aromatic heterocycles. The average Bonchev–Trinajstić information content (AvgIpc) is 2.93. The first-order chi connectivity index (χ1) is 9.72. The van der Waals surface area contributed by atoms with Gasteiger partial charge in [-0.25, -0.2) is 0 Å². The molecule has 0 saturated carbocycles. The molecule has 1 aliphatic rings. The van der Waals surface area contributed by atoms with E-state index in [1.165, 1.54) is 24.0 Å². The second-order valence-corrected chi connectivity index (χ2v) is 5.28. The highest BCUT2D eigenvalue weighted by Crippen LogP contribution is 2.26. The summed E-state index contributed by atoms with van der Waals surface area (Å²) in [5.74, 6) is 0.833. The van der Waals surface area contributed by atoms with Gasteiger partial charge in [-0.3, -0.25) is 0 Å². The van der Waals surface area contributed by atoms with Crippen molar-refractivity contribution in [3.05, 3.63) is 59.2 Å². The smallest absolute Gasteiger partial charge is 0.119 e. The number of benzene rings is 2. The molecule has 1 atom stereocenters. The molecule has 0 saturated heterocycles. The van der Waals surface area contributed by atoms with Crippen molar-refractivity contribution in [3.8, 4) is 5.75 Å². The van der Waals surface area contributed by atoms with Crippen LogP contribution in [0.5, 0.6) is 5.75 Å². The van der Waals surface area contributed by atoms with Crippen molar-refractivity contribution in [2.24, 2.45) is 0 Å². The van der Waals surface area contributed by atoms with Crippen LogP contribution in [0.25, 0.3) is 0 Å². The molecular weight excluding hydrogens is 250 g/mol. The zero-order valence-electron chi connectivity index (χ0n) is 11.4. The Labute approximate surface area is 119 Å². The molecule has 3 heteroatoms. The lowest BCUT2D eigenvalue weighted by atomic mass is 10.1. The summed E-state index contributed by atoms with van der Waals surface area (Å²) in [4.78, 5) is 0. The molecule has 0 amide bonds. The fourth-order valence-electron chi connectivity index (χ4n) is 2.63. The second kappa shape index (κ2) is 5.55. The summed E-state index contributed by atoms with van der Waals surface area (Å²) in [5, 5.41) is 10.1. The van der Waals surface area contributed by atoms with Gasteiger partial charge in [0.2, 0.25) is 0 Å². The maximum atomic E-state index is 10.1. The maximum Gasteiger partial charge on any atom is 0.119 e. The van der Waals surface area contributed by atoms with Crippen LogP contribution in [0, 0.1) is 0 Å². The Hall–Kier alpha value is -2.00. The molecule has 3 rings (SSSR count). The van der Waals surface area contributed by atoms with Crippen LogP contribution in [0.1, 0.15) is 29.2 Å². The van der Waals surface area contributed by atoms with Crippen LogP contribution in [-0.4, -0.2) is 11.7 Å². The fourth-order valence-corrected chi connectivity index (χ4v) is 2.63. The lowest BCUT2D eigenvalue weighted by Gasteiger charge is -2.13. The van der Waals surface area contributed by atoms with Crippen LogP contribution in [0.15, 0.2) is 42.5 Å². The van der Waals surface area contributed by atoms with Gasteiger partial charge in [-0.1, -0.05) is 18.2 Å². The Kier molecular flexibility index (Phi) is 3.61. The number of anilines is 1. The van der Waals surface area contributed by atoms with E-state index in [9.17, 15) is 5.11 Å². The molecular formula is C17H19NO2. The quantitative estimate of drug-likeness (QED) is 0.839. The second-order valence-electron chi connectivity index (χ2n) is 5.28. The third-order valence-electron chi connectivity index (χ3n) is 3.80. The number of fused-ring (bicyclic) bond motifs is 1. The molecule has 3 nitrogen and oxygen atoms in total. The van der Waals surface area contributed by atoms with Crippen LogP contribution in [0.2, 0.25) is 0 Å². The molecule has 1 aliphatic carbocycles. The van der Waals surface area contributed by atoms with Crippen LogP contribution in [0.3, 0.4) is 0 Å². The fraction of sp³-hybridized carbons (Fsp3) is 0.294. The average molecular weight is 269 g/mol. The minimum Gasteiger partial charge on any atom is -0.491 e. The normalized spacial score (nSPS) is 14.8. The van der Waals surface area contributed by atoms with Crippen molar-refractivity contribution >= 4 is 5.69 Å². The molecule has 0 aliphatic heterocycles. The Bertz CT molecular complexity index is 592. The van der Waals surface area contributed by atoms with E-state index >= 15 is 0 Å². The van der Waals surface area contributed by atoms with E-state index in [0.717, 1.165) is 17.7 Å². The zero-order valence-corrected chi connectivity index (χ0v) is 11.4. The minimum absolute atomic E-state index is 0.253. The predicted molar refractivity (Wildman–Crippen MR) is 79.8 cm³/mol. The maximum absolute atomic E-state index is 10.1. The predicted octanol–water partition coefficient (Wildman–Crippen LogP) is 2.87. The Morgan fingerprint density at radius 2 is 1.80 bits per heavy atom. The number of hydrogen-bond donors (Lipinski definition) is 2. The first-order valence-electron chi connectivity index (χ1n) is 7.00. The van der Waals surface area contributed by atoms with Crippen LogP contribution >= 0.6 is 0 Å². The number of hydrogen-bond acceptors (Lipinski definition) is 3. The summed E-state index contributed by atoms with van der Waals surface area (Å²) in [6.07, 6.45) is 2.90. The highest BCUT2D eigenvalue weighted by atomic mass is 16.5. The van der Waals surface area contributed by atoms with Gasteiger partial charge in [-0.2, -0.15) is 0 Å². The van der Waals surface area contributed by atoms with E-state index in [1.54, 1.807) is 12.1 Å². The van der Waals surface area contributed by atoms with Crippen molar-refractivity contribution in [2.75, 3.05) is 12.3 Å². The highest BCUT2D eigenvalue weighted by molar-refractivity contribution is 5.40. The molecule has 2 aromatic rings. The van der Waals surface area contributed by atoms with Crippen LogP contribution in [0.4, 0.5) is 5.69 Å². The molecule has 3 N–H and O–H groups in total. The Morgan fingerprint density at radius 3 is 2.60 bits per heavy atom. The molecule has 2 aromatic carbocycles.